The number of halogens is 1. The van der Waals surface area contributed by atoms with Crippen LogP contribution >= 0.6 is 35.7 Å². The molecule has 2 unspecified atom stereocenters. The van der Waals surface area contributed by atoms with Crippen molar-refractivity contribution in [2.75, 3.05) is 25.0 Å². The summed E-state index contributed by atoms with van der Waals surface area (Å²) in [7, 11) is 0. The molecule has 3 N–H and O–H groups in total. The number of nitrogens with zero attached hydrogens (tertiary/aromatic N) is 1. The predicted octanol–water partition coefficient (Wildman–Crippen LogP) is 4.66. The van der Waals surface area contributed by atoms with Gasteiger partial charge in [0.25, 0.3) is 5.91 Å². The number of hydrogen-bond acceptors (Lipinski definition) is 4. The molecule has 32 heavy (non-hydrogen) atoms. The van der Waals surface area contributed by atoms with Crippen molar-refractivity contribution in [2.45, 2.75) is 49.5 Å². The fraction of sp³-hybridized carbons (Fsp3) is 0.417. The van der Waals surface area contributed by atoms with Gasteiger partial charge in [0.2, 0.25) is 0 Å². The van der Waals surface area contributed by atoms with E-state index >= 15 is 0 Å². The summed E-state index contributed by atoms with van der Waals surface area (Å²) in [6.07, 6.45) is 1.39. The lowest BCUT2D eigenvalue weighted by atomic mass is 10.2. The van der Waals surface area contributed by atoms with Crippen LogP contribution in [-0.4, -0.2) is 42.9 Å². The van der Waals surface area contributed by atoms with E-state index in [1.807, 2.05) is 42.1 Å². The van der Waals surface area contributed by atoms with Crippen molar-refractivity contribution in [3.05, 3.63) is 60.2 Å². The molecule has 2 aromatic carbocycles. The molecule has 1 saturated heterocycles. The Morgan fingerprint density at radius 3 is 2.72 bits per heavy atom. The van der Waals surface area contributed by atoms with E-state index in [1.54, 1.807) is 0 Å². The van der Waals surface area contributed by atoms with E-state index in [9.17, 15) is 4.79 Å². The molecule has 1 heterocycles. The van der Waals surface area contributed by atoms with Crippen molar-refractivity contribution in [2.24, 2.45) is 4.99 Å². The summed E-state index contributed by atoms with van der Waals surface area (Å²) in [5.41, 5.74) is 1.81. The molecular weight excluding hydrogens is 535 g/mol. The fourth-order valence-electron chi connectivity index (χ4n) is 3.28. The number of guanidine groups is 1. The Bertz CT molecular complexity index is 860. The molecule has 0 spiro atoms. The lowest BCUT2D eigenvalue weighted by Gasteiger charge is -2.16. The van der Waals surface area contributed by atoms with Crippen molar-refractivity contribution in [3.63, 3.8) is 0 Å². The van der Waals surface area contributed by atoms with Crippen LogP contribution in [0.3, 0.4) is 0 Å². The van der Waals surface area contributed by atoms with E-state index in [0.717, 1.165) is 43.1 Å². The Morgan fingerprint density at radius 2 is 2.00 bits per heavy atom. The van der Waals surface area contributed by atoms with Gasteiger partial charge in [-0.25, -0.2) is 4.99 Å². The Morgan fingerprint density at radius 1 is 1.19 bits per heavy atom. The standard InChI is InChI=1S/C24H32N4O2S.HI/c1-3-25-24(26-16-18(2)31-21-11-5-4-6-12-21)27-17-19-9-7-10-20(15-19)28-23(29)22-13-8-14-30-22;/h4-7,9-12,15,18,22H,3,8,13-14,16-17H2,1-2H3,(H,28,29)(H2,25,26,27);1H. The molecular formula is C24H33IN4O2S. The number of amides is 1. The highest BCUT2D eigenvalue weighted by molar-refractivity contribution is 14.0. The van der Waals surface area contributed by atoms with Crippen LogP contribution in [0.2, 0.25) is 0 Å². The maximum absolute atomic E-state index is 12.3. The highest BCUT2D eigenvalue weighted by atomic mass is 127. The second kappa shape index (κ2) is 14.4. The highest BCUT2D eigenvalue weighted by Gasteiger charge is 2.23. The van der Waals surface area contributed by atoms with Crippen molar-refractivity contribution in [1.29, 1.82) is 0 Å². The molecule has 8 heteroatoms. The molecule has 0 aromatic heterocycles. The van der Waals surface area contributed by atoms with Crippen LogP contribution in [0, 0.1) is 0 Å². The summed E-state index contributed by atoms with van der Waals surface area (Å²) in [5, 5.41) is 10.1. The number of rotatable bonds is 9. The molecule has 1 fully saturated rings. The molecule has 2 aromatic rings. The first-order valence-corrected chi connectivity index (χ1v) is 11.8. The summed E-state index contributed by atoms with van der Waals surface area (Å²) in [4.78, 5) is 18.2. The smallest absolute Gasteiger partial charge is 0.253 e. The van der Waals surface area contributed by atoms with Crippen LogP contribution in [-0.2, 0) is 16.1 Å². The van der Waals surface area contributed by atoms with Crippen LogP contribution in [0.25, 0.3) is 0 Å². The third-order valence-corrected chi connectivity index (χ3v) is 5.93. The maximum atomic E-state index is 12.3. The summed E-state index contributed by atoms with van der Waals surface area (Å²) < 4.78 is 5.45. The number of carbonyl (C=O) groups is 1. The van der Waals surface area contributed by atoms with Crippen LogP contribution in [0.4, 0.5) is 5.69 Å². The third kappa shape index (κ3) is 8.99. The summed E-state index contributed by atoms with van der Waals surface area (Å²) in [5.74, 6) is 0.717. The second-order valence-corrected chi connectivity index (χ2v) is 9.02. The zero-order valence-electron chi connectivity index (χ0n) is 18.7. The van der Waals surface area contributed by atoms with Gasteiger partial charge in [-0.2, -0.15) is 0 Å². The fourth-order valence-corrected chi connectivity index (χ4v) is 4.23. The number of benzene rings is 2. The SMILES string of the molecule is CCNC(=NCc1cccc(NC(=O)C2CCCO2)c1)NCC(C)Sc1ccccc1.I. The summed E-state index contributed by atoms with van der Waals surface area (Å²) >= 11 is 1.84. The van der Waals surface area contributed by atoms with E-state index in [4.69, 9.17) is 9.73 Å². The van der Waals surface area contributed by atoms with Gasteiger partial charge in [-0.15, -0.1) is 35.7 Å². The van der Waals surface area contributed by atoms with Gasteiger partial charge in [0.05, 0.1) is 6.54 Å². The van der Waals surface area contributed by atoms with Gasteiger partial charge in [0.15, 0.2) is 5.96 Å². The second-order valence-electron chi connectivity index (χ2n) is 7.51. The number of ether oxygens (including phenoxy) is 1. The normalized spacial score (nSPS) is 16.7. The van der Waals surface area contributed by atoms with E-state index in [1.165, 1.54) is 4.90 Å². The van der Waals surface area contributed by atoms with Gasteiger partial charge in [-0.3, -0.25) is 4.79 Å². The monoisotopic (exact) mass is 568 g/mol. The van der Waals surface area contributed by atoms with E-state index in [-0.39, 0.29) is 36.0 Å². The van der Waals surface area contributed by atoms with E-state index in [2.05, 4.69) is 54.1 Å². The zero-order chi connectivity index (χ0) is 21.9. The highest BCUT2D eigenvalue weighted by Crippen LogP contribution is 2.22. The van der Waals surface area contributed by atoms with Gasteiger partial charge in [0, 0.05) is 35.5 Å². The Kier molecular flexibility index (Phi) is 11.9. The number of nitrogens with one attached hydrogen (secondary N) is 3. The molecule has 0 bridgehead atoms. The number of hydrogen-bond donors (Lipinski definition) is 3. The van der Waals surface area contributed by atoms with Crippen molar-refractivity contribution in [3.8, 4) is 0 Å². The van der Waals surface area contributed by atoms with Gasteiger partial charge >= 0.3 is 0 Å². The molecule has 1 aliphatic heterocycles. The molecule has 1 amide bonds. The Balaban J connectivity index is 0.00000363. The van der Waals surface area contributed by atoms with Crippen LogP contribution in [0.5, 0.6) is 0 Å². The Hall–Kier alpha value is -1.78. The number of aliphatic imine (C=N–C) groups is 1. The average Bonchev–Trinajstić information content (AvgIpc) is 3.32. The zero-order valence-corrected chi connectivity index (χ0v) is 21.8. The van der Waals surface area contributed by atoms with Crippen molar-refractivity contribution < 1.29 is 9.53 Å². The lowest BCUT2D eigenvalue weighted by Crippen LogP contribution is -2.40. The number of anilines is 1. The molecule has 1 aliphatic rings. The minimum Gasteiger partial charge on any atom is -0.368 e. The van der Waals surface area contributed by atoms with Gasteiger partial charge in [0.1, 0.15) is 6.10 Å². The number of carbonyl (C=O) groups excluding carboxylic acids is 1. The number of thioether (sulfide) groups is 1. The van der Waals surface area contributed by atoms with Gasteiger partial charge in [-0.05, 0) is 49.6 Å². The predicted molar refractivity (Wildman–Crippen MR) is 144 cm³/mol. The molecule has 0 saturated carbocycles. The summed E-state index contributed by atoms with van der Waals surface area (Å²) in [6.45, 7) is 7.05. The molecule has 0 aliphatic carbocycles. The average molecular weight is 569 g/mol. The molecule has 3 rings (SSSR count). The minimum atomic E-state index is -0.332. The first-order chi connectivity index (χ1) is 15.1. The lowest BCUT2D eigenvalue weighted by molar-refractivity contribution is -0.124. The largest absolute Gasteiger partial charge is 0.368 e. The summed E-state index contributed by atoms with van der Waals surface area (Å²) in [6, 6.07) is 18.2. The van der Waals surface area contributed by atoms with Gasteiger partial charge in [-0.1, -0.05) is 37.3 Å². The molecule has 6 nitrogen and oxygen atoms in total. The van der Waals surface area contributed by atoms with E-state index < -0.39 is 0 Å². The van der Waals surface area contributed by atoms with E-state index in [0.29, 0.717) is 18.4 Å². The van der Waals surface area contributed by atoms with Gasteiger partial charge < -0.3 is 20.7 Å². The van der Waals surface area contributed by atoms with Crippen molar-refractivity contribution in [1.82, 2.24) is 10.6 Å². The first-order valence-electron chi connectivity index (χ1n) is 10.9. The van der Waals surface area contributed by atoms with Crippen LogP contribution < -0.4 is 16.0 Å². The molecule has 0 radical (unpaired) electrons. The molecule has 174 valence electrons. The van der Waals surface area contributed by atoms with Crippen molar-refractivity contribution >= 4 is 53.3 Å². The molecule has 2 atom stereocenters. The van der Waals surface area contributed by atoms with Crippen LogP contribution in [0.15, 0.2) is 64.5 Å². The minimum absolute atomic E-state index is 0. The Labute approximate surface area is 212 Å². The maximum Gasteiger partial charge on any atom is 0.253 e. The van der Waals surface area contributed by atoms with Crippen LogP contribution in [0.1, 0.15) is 32.3 Å². The first kappa shape index (κ1) is 26.5. The topological polar surface area (TPSA) is 74.8 Å². The quantitative estimate of drug-likeness (QED) is 0.178. The third-order valence-electron chi connectivity index (χ3n) is 4.82.